The van der Waals surface area contributed by atoms with Gasteiger partial charge in [0.1, 0.15) is 6.33 Å². The monoisotopic (exact) mass is 393 g/mol. The molecule has 0 spiro atoms. The van der Waals surface area contributed by atoms with Gasteiger partial charge in [0.05, 0.1) is 0 Å². The van der Waals surface area contributed by atoms with Crippen molar-refractivity contribution in [2.24, 2.45) is 0 Å². The number of carbonyl (C=O) groups is 1. The summed E-state index contributed by atoms with van der Waals surface area (Å²) in [6.45, 7) is 13.7. The van der Waals surface area contributed by atoms with Crippen LogP contribution in [0.4, 0.5) is 0 Å². The zero-order chi connectivity index (χ0) is 21.2. The molecule has 0 aliphatic carbocycles. The number of benzene rings is 1. The topological polar surface area (TPSA) is 72.2 Å². The SMILES string of the molecule is CC(C)(C)c1cc(C(=O)NCCCc2cnc3ncnn3c2)cc(C(C)(C)C)c1. The molecule has 0 saturated heterocycles. The minimum atomic E-state index is -0.0218. The average Bonchev–Trinajstić information content (AvgIpc) is 3.11. The number of aromatic nitrogens is 4. The number of hydrogen-bond donors (Lipinski definition) is 1. The van der Waals surface area contributed by atoms with Crippen molar-refractivity contribution in [1.82, 2.24) is 24.9 Å². The van der Waals surface area contributed by atoms with E-state index in [0.29, 0.717) is 12.3 Å². The first kappa shape index (κ1) is 21.0. The van der Waals surface area contributed by atoms with Crippen LogP contribution >= 0.6 is 0 Å². The van der Waals surface area contributed by atoms with Gasteiger partial charge in [0.2, 0.25) is 0 Å². The van der Waals surface area contributed by atoms with E-state index >= 15 is 0 Å². The fourth-order valence-corrected chi connectivity index (χ4v) is 3.11. The van der Waals surface area contributed by atoms with Crippen molar-refractivity contribution >= 4 is 11.7 Å². The summed E-state index contributed by atoms with van der Waals surface area (Å²) in [6.07, 6.45) is 6.88. The van der Waals surface area contributed by atoms with Crippen molar-refractivity contribution in [3.05, 3.63) is 59.2 Å². The van der Waals surface area contributed by atoms with E-state index in [9.17, 15) is 4.79 Å². The van der Waals surface area contributed by atoms with Crippen LogP contribution in [0.25, 0.3) is 5.78 Å². The van der Waals surface area contributed by atoms with E-state index in [-0.39, 0.29) is 16.7 Å². The molecule has 29 heavy (non-hydrogen) atoms. The van der Waals surface area contributed by atoms with Crippen LogP contribution in [0.2, 0.25) is 0 Å². The van der Waals surface area contributed by atoms with E-state index in [4.69, 9.17) is 0 Å². The zero-order valence-electron chi connectivity index (χ0n) is 18.3. The van der Waals surface area contributed by atoms with E-state index in [2.05, 4.69) is 68.0 Å². The molecule has 0 aliphatic rings. The minimum Gasteiger partial charge on any atom is -0.352 e. The first-order valence-electron chi connectivity index (χ1n) is 10.1. The molecule has 1 amide bonds. The molecule has 0 fully saturated rings. The summed E-state index contributed by atoms with van der Waals surface area (Å²) in [5.41, 5.74) is 4.15. The normalized spacial score (nSPS) is 12.3. The smallest absolute Gasteiger partial charge is 0.252 e. The van der Waals surface area contributed by atoms with Gasteiger partial charge >= 0.3 is 0 Å². The van der Waals surface area contributed by atoms with Gasteiger partial charge in [-0.15, -0.1) is 0 Å². The maximum absolute atomic E-state index is 12.8. The lowest BCUT2D eigenvalue weighted by Crippen LogP contribution is -2.26. The lowest BCUT2D eigenvalue weighted by Gasteiger charge is -2.26. The molecular formula is C23H31N5O. The van der Waals surface area contributed by atoms with Crippen molar-refractivity contribution in [1.29, 1.82) is 0 Å². The molecule has 3 aromatic rings. The molecule has 0 bridgehead atoms. The number of nitrogens with one attached hydrogen (secondary N) is 1. The number of hydrogen-bond acceptors (Lipinski definition) is 4. The van der Waals surface area contributed by atoms with E-state index in [0.717, 1.165) is 24.0 Å². The van der Waals surface area contributed by atoms with Crippen molar-refractivity contribution in [2.75, 3.05) is 6.54 Å². The second-order valence-electron chi connectivity index (χ2n) is 9.63. The molecule has 6 nitrogen and oxygen atoms in total. The maximum Gasteiger partial charge on any atom is 0.252 e. The fraction of sp³-hybridized carbons (Fsp3) is 0.478. The lowest BCUT2D eigenvalue weighted by molar-refractivity contribution is 0.0953. The van der Waals surface area contributed by atoms with Crippen LogP contribution in [-0.4, -0.2) is 32.0 Å². The minimum absolute atomic E-state index is 0.0106. The molecular weight excluding hydrogens is 362 g/mol. The van der Waals surface area contributed by atoms with Crippen LogP contribution in [-0.2, 0) is 17.3 Å². The third kappa shape index (κ3) is 5.19. The predicted molar refractivity (Wildman–Crippen MR) is 115 cm³/mol. The van der Waals surface area contributed by atoms with Gasteiger partial charge in [-0.1, -0.05) is 47.6 Å². The number of fused-ring (bicyclic) bond motifs is 1. The van der Waals surface area contributed by atoms with Crippen molar-refractivity contribution < 1.29 is 4.79 Å². The number of amides is 1. The first-order valence-corrected chi connectivity index (χ1v) is 10.1. The predicted octanol–water partition coefficient (Wildman–Crippen LogP) is 4.08. The van der Waals surface area contributed by atoms with E-state index in [1.54, 1.807) is 4.52 Å². The van der Waals surface area contributed by atoms with Crippen molar-refractivity contribution in [2.45, 2.75) is 65.2 Å². The van der Waals surface area contributed by atoms with E-state index < -0.39 is 0 Å². The fourth-order valence-electron chi connectivity index (χ4n) is 3.11. The standard InChI is InChI=1S/C23H31N5O/c1-22(2,3)18-10-17(11-19(12-18)23(4,5)6)20(29)24-9-7-8-16-13-25-21-26-15-27-28(21)14-16/h10-15H,7-9H2,1-6H3,(H,24,29). The third-order valence-electron chi connectivity index (χ3n) is 5.04. The Morgan fingerprint density at radius 2 is 1.66 bits per heavy atom. The Balaban J connectivity index is 1.65. The summed E-state index contributed by atoms with van der Waals surface area (Å²) in [6, 6.07) is 6.27. The highest BCUT2D eigenvalue weighted by Crippen LogP contribution is 2.30. The number of carbonyl (C=O) groups excluding carboxylic acids is 1. The summed E-state index contributed by atoms with van der Waals surface area (Å²) in [4.78, 5) is 21.1. The van der Waals surface area contributed by atoms with Gasteiger partial charge in [0, 0.05) is 24.5 Å². The molecule has 0 atom stereocenters. The highest BCUT2D eigenvalue weighted by atomic mass is 16.1. The van der Waals surface area contributed by atoms with Crippen LogP contribution in [0.5, 0.6) is 0 Å². The van der Waals surface area contributed by atoms with Gasteiger partial charge in [-0.25, -0.2) is 9.50 Å². The maximum atomic E-state index is 12.8. The Morgan fingerprint density at radius 1 is 1.00 bits per heavy atom. The Morgan fingerprint density at radius 3 is 2.28 bits per heavy atom. The summed E-state index contributed by atoms with van der Waals surface area (Å²) < 4.78 is 1.67. The second-order valence-corrected chi connectivity index (χ2v) is 9.63. The Labute approximate surface area is 172 Å². The van der Waals surface area contributed by atoms with Crippen LogP contribution in [0.15, 0.2) is 36.9 Å². The molecule has 1 aromatic carbocycles. The summed E-state index contributed by atoms with van der Waals surface area (Å²) in [7, 11) is 0. The van der Waals surface area contributed by atoms with Gasteiger partial charge in [0.25, 0.3) is 11.7 Å². The van der Waals surface area contributed by atoms with E-state index in [1.807, 2.05) is 24.5 Å². The molecule has 0 unspecified atom stereocenters. The second kappa shape index (κ2) is 7.93. The van der Waals surface area contributed by atoms with Gasteiger partial charge in [0.15, 0.2) is 0 Å². The lowest BCUT2D eigenvalue weighted by atomic mass is 9.79. The molecule has 2 aromatic heterocycles. The Hall–Kier alpha value is -2.76. The largest absolute Gasteiger partial charge is 0.352 e. The van der Waals surface area contributed by atoms with Gasteiger partial charge in [-0.2, -0.15) is 10.1 Å². The van der Waals surface area contributed by atoms with Crippen LogP contribution in [0.3, 0.4) is 0 Å². The molecule has 154 valence electrons. The van der Waals surface area contributed by atoms with Crippen LogP contribution in [0, 0.1) is 0 Å². The van der Waals surface area contributed by atoms with Crippen LogP contribution in [0.1, 0.15) is 75.0 Å². The summed E-state index contributed by atoms with van der Waals surface area (Å²) in [5, 5.41) is 7.17. The number of nitrogens with zero attached hydrogens (tertiary/aromatic N) is 4. The quantitative estimate of drug-likeness (QED) is 0.663. The highest BCUT2D eigenvalue weighted by Gasteiger charge is 2.22. The zero-order valence-corrected chi connectivity index (χ0v) is 18.3. The van der Waals surface area contributed by atoms with Crippen molar-refractivity contribution in [3.63, 3.8) is 0 Å². The summed E-state index contributed by atoms with van der Waals surface area (Å²) in [5.74, 6) is 0.571. The van der Waals surface area contributed by atoms with Gasteiger partial charge in [-0.05, 0) is 52.5 Å². The molecule has 2 heterocycles. The average molecular weight is 394 g/mol. The first-order chi connectivity index (χ1) is 13.5. The van der Waals surface area contributed by atoms with Crippen molar-refractivity contribution in [3.8, 4) is 0 Å². The van der Waals surface area contributed by atoms with Gasteiger partial charge < -0.3 is 5.32 Å². The molecule has 6 heteroatoms. The molecule has 0 aliphatic heterocycles. The molecule has 0 radical (unpaired) electrons. The summed E-state index contributed by atoms with van der Waals surface area (Å²) >= 11 is 0. The Bertz CT molecular complexity index is 976. The highest BCUT2D eigenvalue weighted by molar-refractivity contribution is 5.94. The van der Waals surface area contributed by atoms with Gasteiger partial charge in [-0.3, -0.25) is 4.79 Å². The van der Waals surface area contributed by atoms with Crippen LogP contribution < -0.4 is 5.32 Å². The number of aryl methyl sites for hydroxylation is 1. The molecule has 3 rings (SSSR count). The van der Waals surface area contributed by atoms with E-state index in [1.165, 1.54) is 17.5 Å². The third-order valence-corrected chi connectivity index (χ3v) is 5.04. The molecule has 1 N–H and O–H groups in total. The molecule has 0 saturated carbocycles. The Kier molecular flexibility index (Phi) is 5.73. The number of rotatable bonds is 5.